The van der Waals surface area contributed by atoms with Gasteiger partial charge in [-0.2, -0.15) is 0 Å². The van der Waals surface area contributed by atoms with Crippen LogP contribution in [0.2, 0.25) is 0 Å². The number of piperazine rings is 1. The summed E-state index contributed by atoms with van der Waals surface area (Å²) < 4.78 is 5.31. The number of methoxy groups -OCH3 is 1. The van der Waals surface area contributed by atoms with Gasteiger partial charge >= 0.3 is 0 Å². The van der Waals surface area contributed by atoms with Crippen molar-refractivity contribution in [1.29, 1.82) is 0 Å². The Morgan fingerprint density at radius 3 is 2.71 bits per heavy atom. The minimum absolute atomic E-state index is 0.0679. The number of ether oxygens (including phenoxy) is 1. The quantitative estimate of drug-likeness (QED) is 0.782. The SMILES string of the molecule is CCC1C(=O)NCCN1C(=O)C(C)(CC)OC. The van der Waals surface area contributed by atoms with Crippen molar-refractivity contribution in [3.63, 3.8) is 0 Å². The first kappa shape index (κ1) is 14.0. The second kappa shape index (κ2) is 5.49. The van der Waals surface area contributed by atoms with Gasteiger partial charge in [0.2, 0.25) is 5.91 Å². The molecule has 0 aromatic carbocycles. The van der Waals surface area contributed by atoms with E-state index in [-0.39, 0.29) is 17.9 Å². The average Bonchev–Trinajstić information content (AvgIpc) is 2.36. The van der Waals surface area contributed by atoms with E-state index in [9.17, 15) is 9.59 Å². The lowest BCUT2D eigenvalue weighted by atomic mass is 9.98. The molecule has 1 fully saturated rings. The van der Waals surface area contributed by atoms with Gasteiger partial charge in [-0.3, -0.25) is 9.59 Å². The normalized spacial score (nSPS) is 24.1. The zero-order chi connectivity index (χ0) is 13.1. The number of carbonyl (C=O) groups excluding carboxylic acids is 2. The van der Waals surface area contributed by atoms with E-state index in [1.54, 1.807) is 11.8 Å². The number of rotatable bonds is 4. The molecule has 0 radical (unpaired) electrons. The average molecular weight is 242 g/mol. The fraction of sp³-hybridized carbons (Fsp3) is 0.833. The van der Waals surface area contributed by atoms with Crippen LogP contribution in [0.15, 0.2) is 0 Å². The highest BCUT2D eigenvalue weighted by molar-refractivity contribution is 5.92. The van der Waals surface area contributed by atoms with E-state index in [1.165, 1.54) is 7.11 Å². The van der Waals surface area contributed by atoms with E-state index in [0.717, 1.165) is 0 Å². The third kappa shape index (κ3) is 2.60. The molecule has 2 unspecified atom stereocenters. The van der Waals surface area contributed by atoms with Crippen LogP contribution in [0.5, 0.6) is 0 Å². The molecule has 1 aliphatic heterocycles. The van der Waals surface area contributed by atoms with Crippen LogP contribution in [0.4, 0.5) is 0 Å². The molecule has 0 spiro atoms. The fourth-order valence-electron chi connectivity index (χ4n) is 2.05. The van der Waals surface area contributed by atoms with Crippen LogP contribution in [-0.4, -0.2) is 48.6 Å². The molecule has 1 aliphatic rings. The van der Waals surface area contributed by atoms with Gasteiger partial charge < -0.3 is 15.0 Å². The Morgan fingerprint density at radius 2 is 2.24 bits per heavy atom. The minimum Gasteiger partial charge on any atom is -0.369 e. The summed E-state index contributed by atoms with van der Waals surface area (Å²) in [7, 11) is 1.53. The van der Waals surface area contributed by atoms with E-state index >= 15 is 0 Å². The third-order valence-electron chi connectivity index (χ3n) is 3.56. The summed E-state index contributed by atoms with van der Waals surface area (Å²) in [5.74, 6) is -0.161. The highest BCUT2D eigenvalue weighted by atomic mass is 16.5. The molecular formula is C12H22N2O3. The van der Waals surface area contributed by atoms with Crippen molar-refractivity contribution in [3.8, 4) is 0 Å². The Kier molecular flexibility index (Phi) is 4.51. The lowest BCUT2D eigenvalue weighted by Crippen LogP contribution is -2.61. The lowest BCUT2D eigenvalue weighted by Gasteiger charge is -2.39. The van der Waals surface area contributed by atoms with E-state index in [4.69, 9.17) is 4.74 Å². The van der Waals surface area contributed by atoms with Gasteiger partial charge in [0.25, 0.3) is 5.91 Å². The lowest BCUT2D eigenvalue weighted by molar-refractivity contribution is -0.160. The maximum Gasteiger partial charge on any atom is 0.255 e. The molecule has 1 saturated heterocycles. The largest absolute Gasteiger partial charge is 0.369 e. The van der Waals surface area contributed by atoms with Crippen molar-refractivity contribution in [2.45, 2.75) is 45.3 Å². The van der Waals surface area contributed by atoms with Gasteiger partial charge in [-0.15, -0.1) is 0 Å². The van der Waals surface area contributed by atoms with Crippen molar-refractivity contribution in [3.05, 3.63) is 0 Å². The first-order valence-electron chi connectivity index (χ1n) is 6.14. The Bertz CT molecular complexity index is 300. The molecule has 0 aliphatic carbocycles. The molecule has 0 bridgehead atoms. The zero-order valence-corrected chi connectivity index (χ0v) is 11.1. The number of hydrogen-bond acceptors (Lipinski definition) is 3. The predicted molar refractivity (Wildman–Crippen MR) is 64.5 cm³/mol. The third-order valence-corrected chi connectivity index (χ3v) is 3.56. The number of amides is 2. The van der Waals surface area contributed by atoms with E-state index < -0.39 is 5.60 Å². The van der Waals surface area contributed by atoms with Gasteiger partial charge in [-0.25, -0.2) is 0 Å². The van der Waals surface area contributed by atoms with Gasteiger partial charge in [0.15, 0.2) is 0 Å². The van der Waals surface area contributed by atoms with Gasteiger partial charge in [-0.1, -0.05) is 13.8 Å². The van der Waals surface area contributed by atoms with E-state index in [2.05, 4.69) is 5.32 Å². The summed E-state index contributed by atoms with van der Waals surface area (Å²) in [5.41, 5.74) is -0.828. The molecule has 1 heterocycles. The summed E-state index contributed by atoms with van der Waals surface area (Å²) in [6, 6.07) is -0.364. The monoisotopic (exact) mass is 242 g/mol. The summed E-state index contributed by atoms with van der Waals surface area (Å²) in [6.07, 6.45) is 1.22. The first-order chi connectivity index (χ1) is 8.00. The summed E-state index contributed by atoms with van der Waals surface area (Å²) in [6.45, 7) is 6.67. The van der Waals surface area contributed by atoms with Crippen LogP contribution in [0.25, 0.3) is 0 Å². The second-order valence-electron chi connectivity index (χ2n) is 4.50. The molecule has 1 rings (SSSR count). The minimum atomic E-state index is -0.828. The smallest absolute Gasteiger partial charge is 0.255 e. The van der Waals surface area contributed by atoms with Gasteiger partial charge in [0.05, 0.1) is 0 Å². The van der Waals surface area contributed by atoms with Crippen LogP contribution in [0, 0.1) is 0 Å². The number of nitrogens with one attached hydrogen (secondary N) is 1. The fourth-order valence-corrected chi connectivity index (χ4v) is 2.05. The van der Waals surface area contributed by atoms with Crippen molar-refractivity contribution in [2.24, 2.45) is 0 Å². The standard InChI is InChI=1S/C12H22N2O3/c1-5-9-10(15)13-7-8-14(9)11(16)12(3,6-2)17-4/h9H,5-8H2,1-4H3,(H,13,15). The first-order valence-corrected chi connectivity index (χ1v) is 6.14. The molecule has 98 valence electrons. The van der Waals surface area contributed by atoms with Crippen molar-refractivity contribution in [2.75, 3.05) is 20.2 Å². The van der Waals surface area contributed by atoms with Crippen LogP contribution in [0.1, 0.15) is 33.6 Å². The Hall–Kier alpha value is -1.10. The van der Waals surface area contributed by atoms with Crippen LogP contribution < -0.4 is 5.32 Å². The summed E-state index contributed by atoms with van der Waals surface area (Å²) in [5, 5.41) is 2.78. The van der Waals surface area contributed by atoms with Crippen molar-refractivity contribution in [1.82, 2.24) is 10.2 Å². The number of nitrogens with zero attached hydrogens (tertiary/aromatic N) is 1. The Morgan fingerprint density at radius 1 is 1.59 bits per heavy atom. The van der Waals surface area contributed by atoms with Crippen LogP contribution in [0.3, 0.4) is 0 Å². The molecule has 5 nitrogen and oxygen atoms in total. The van der Waals surface area contributed by atoms with E-state index in [0.29, 0.717) is 25.9 Å². The Labute approximate surface area is 102 Å². The highest BCUT2D eigenvalue weighted by Gasteiger charge is 2.40. The maximum atomic E-state index is 12.4. The van der Waals surface area contributed by atoms with Crippen molar-refractivity contribution >= 4 is 11.8 Å². The second-order valence-corrected chi connectivity index (χ2v) is 4.50. The molecule has 0 saturated carbocycles. The van der Waals surface area contributed by atoms with Crippen molar-refractivity contribution < 1.29 is 14.3 Å². The van der Waals surface area contributed by atoms with Crippen LogP contribution in [-0.2, 0) is 14.3 Å². The molecule has 1 N–H and O–H groups in total. The topological polar surface area (TPSA) is 58.6 Å². The van der Waals surface area contributed by atoms with Crippen LogP contribution >= 0.6 is 0 Å². The van der Waals surface area contributed by atoms with E-state index in [1.807, 2.05) is 13.8 Å². The van der Waals surface area contributed by atoms with Gasteiger partial charge in [0.1, 0.15) is 11.6 Å². The molecule has 0 aromatic heterocycles. The molecule has 0 aromatic rings. The molecule has 2 atom stereocenters. The molecular weight excluding hydrogens is 220 g/mol. The molecule has 2 amide bonds. The maximum absolute atomic E-state index is 12.4. The number of hydrogen-bond donors (Lipinski definition) is 1. The number of carbonyl (C=O) groups is 2. The molecule has 17 heavy (non-hydrogen) atoms. The Balaban J connectivity index is 2.89. The highest BCUT2D eigenvalue weighted by Crippen LogP contribution is 2.21. The van der Waals surface area contributed by atoms with Gasteiger partial charge in [0, 0.05) is 20.2 Å². The predicted octanol–water partition coefficient (Wildman–Crippen LogP) is 0.539. The molecule has 5 heteroatoms. The van der Waals surface area contributed by atoms with Gasteiger partial charge in [-0.05, 0) is 19.8 Å². The summed E-state index contributed by atoms with van der Waals surface area (Å²) in [4.78, 5) is 25.8. The summed E-state index contributed by atoms with van der Waals surface area (Å²) >= 11 is 0. The zero-order valence-electron chi connectivity index (χ0n) is 11.1.